The van der Waals surface area contributed by atoms with E-state index in [4.69, 9.17) is 5.73 Å². The van der Waals surface area contributed by atoms with E-state index in [0.29, 0.717) is 16.4 Å². The fourth-order valence-electron chi connectivity index (χ4n) is 0.670. The minimum absolute atomic E-state index is 0.456. The van der Waals surface area contributed by atoms with Crippen molar-refractivity contribution >= 4 is 28.3 Å². The highest BCUT2D eigenvalue weighted by Crippen LogP contribution is 2.17. The summed E-state index contributed by atoms with van der Waals surface area (Å²) in [7, 11) is 0. The summed E-state index contributed by atoms with van der Waals surface area (Å²) in [5.74, 6) is 0. The molecule has 0 unspecified atom stereocenters. The van der Waals surface area contributed by atoms with Crippen molar-refractivity contribution in [2.24, 2.45) is 0 Å². The van der Waals surface area contributed by atoms with Crippen LogP contribution >= 0.6 is 11.3 Å². The Balaban J connectivity index is 3.00. The number of thiazole rings is 1. The standard InChI is InChI=1S/C7H7N2OS/c1-2-5(3-10)6-4-11-7(8)9-6/h2,4H,1H3,(H2,8,9). The van der Waals surface area contributed by atoms with Crippen molar-refractivity contribution < 1.29 is 4.79 Å². The molecule has 0 saturated carbocycles. The summed E-state index contributed by atoms with van der Waals surface area (Å²) in [6.45, 7) is 1.76. The molecule has 0 bridgehead atoms. The fourth-order valence-corrected chi connectivity index (χ4v) is 1.23. The number of carbonyl (C=O) groups excluding carboxylic acids is 1. The maximum absolute atomic E-state index is 10.3. The van der Waals surface area contributed by atoms with Crippen LogP contribution in [0.15, 0.2) is 11.5 Å². The minimum Gasteiger partial charge on any atom is -0.375 e. The molecule has 2 N–H and O–H groups in total. The summed E-state index contributed by atoms with van der Waals surface area (Å²) < 4.78 is 0. The SMILES string of the molecule is CC=C([C]=O)c1csc(N)n1. The monoisotopic (exact) mass is 167 g/mol. The van der Waals surface area contributed by atoms with Crippen LogP contribution in [0.2, 0.25) is 0 Å². The van der Waals surface area contributed by atoms with Gasteiger partial charge in [0.2, 0.25) is 6.29 Å². The lowest BCUT2D eigenvalue weighted by Gasteiger charge is -1.87. The average Bonchev–Trinajstić information content (AvgIpc) is 2.39. The van der Waals surface area contributed by atoms with E-state index in [1.807, 2.05) is 0 Å². The van der Waals surface area contributed by atoms with Crippen molar-refractivity contribution in [3.8, 4) is 0 Å². The van der Waals surface area contributed by atoms with Crippen LogP contribution in [0, 0.1) is 0 Å². The molecule has 3 nitrogen and oxygen atoms in total. The van der Waals surface area contributed by atoms with Gasteiger partial charge >= 0.3 is 0 Å². The first-order valence-corrected chi connectivity index (χ1v) is 3.91. The van der Waals surface area contributed by atoms with E-state index in [9.17, 15) is 4.79 Å². The lowest BCUT2D eigenvalue weighted by molar-refractivity contribution is 0.565. The summed E-state index contributed by atoms with van der Waals surface area (Å²) in [6.07, 6.45) is 3.44. The van der Waals surface area contributed by atoms with Gasteiger partial charge < -0.3 is 5.73 Å². The summed E-state index contributed by atoms with van der Waals surface area (Å²) in [4.78, 5) is 14.2. The molecule has 0 aromatic carbocycles. The van der Waals surface area contributed by atoms with Gasteiger partial charge in [-0.15, -0.1) is 11.3 Å². The lowest BCUT2D eigenvalue weighted by Crippen LogP contribution is -1.87. The molecule has 1 rings (SSSR count). The van der Waals surface area contributed by atoms with Crippen molar-refractivity contribution in [3.63, 3.8) is 0 Å². The molecule has 11 heavy (non-hydrogen) atoms. The second-order valence-electron chi connectivity index (χ2n) is 1.88. The highest BCUT2D eigenvalue weighted by atomic mass is 32.1. The van der Waals surface area contributed by atoms with Crippen molar-refractivity contribution in [2.45, 2.75) is 6.92 Å². The molecule has 0 aliphatic rings. The molecule has 0 spiro atoms. The molecule has 0 aliphatic heterocycles. The number of hydrogen-bond acceptors (Lipinski definition) is 4. The number of anilines is 1. The fraction of sp³-hybridized carbons (Fsp3) is 0.143. The highest BCUT2D eigenvalue weighted by molar-refractivity contribution is 7.13. The van der Waals surface area contributed by atoms with Crippen molar-refractivity contribution in [2.75, 3.05) is 5.73 Å². The van der Waals surface area contributed by atoms with Gasteiger partial charge in [-0.25, -0.2) is 4.98 Å². The molecule has 4 heteroatoms. The van der Waals surface area contributed by atoms with Gasteiger partial charge in [-0.2, -0.15) is 0 Å². The smallest absolute Gasteiger partial charge is 0.235 e. The van der Waals surface area contributed by atoms with Gasteiger partial charge in [0.25, 0.3) is 0 Å². The molecule has 0 aliphatic carbocycles. The summed E-state index contributed by atoms with van der Waals surface area (Å²) in [5.41, 5.74) is 6.43. The number of hydrogen-bond donors (Lipinski definition) is 1. The molecule has 57 valence electrons. The number of nitrogens with zero attached hydrogens (tertiary/aromatic N) is 1. The van der Waals surface area contributed by atoms with Crippen LogP contribution in [0.1, 0.15) is 12.6 Å². The molecule has 0 amide bonds. The van der Waals surface area contributed by atoms with E-state index in [1.165, 1.54) is 11.3 Å². The zero-order valence-corrected chi connectivity index (χ0v) is 6.81. The quantitative estimate of drug-likeness (QED) is 0.674. The van der Waals surface area contributed by atoms with E-state index in [1.54, 1.807) is 24.7 Å². The van der Waals surface area contributed by atoms with E-state index in [-0.39, 0.29) is 0 Å². The third-order valence-electron chi connectivity index (χ3n) is 1.20. The molecular weight excluding hydrogens is 160 g/mol. The van der Waals surface area contributed by atoms with Crippen LogP contribution in [0.25, 0.3) is 5.57 Å². The predicted octanol–water partition coefficient (Wildman–Crippen LogP) is 1.24. The van der Waals surface area contributed by atoms with E-state index in [0.717, 1.165) is 0 Å². The molecule has 1 aromatic heterocycles. The Kier molecular flexibility index (Phi) is 2.38. The third-order valence-corrected chi connectivity index (χ3v) is 1.87. The third kappa shape index (κ3) is 1.65. The van der Waals surface area contributed by atoms with Crippen LogP contribution in [0.4, 0.5) is 5.13 Å². The second-order valence-corrected chi connectivity index (χ2v) is 2.77. The largest absolute Gasteiger partial charge is 0.375 e. The van der Waals surface area contributed by atoms with E-state index in [2.05, 4.69) is 4.98 Å². The van der Waals surface area contributed by atoms with E-state index < -0.39 is 0 Å². The zero-order chi connectivity index (χ0) is 8.27. The second kappa shape index (κ2) is 3.30. The van der Waals surface area contributed by atoms with Crippen LogP contribution in [-0.4, -0.2) is 11.3 Å². The molecule has 1 radical (unpaired) electrons. The maximum atomic E-state index is 10.3. The number of rotatable bonds is 2. The average molecular weight is 167 g/mol. The van der Waals surface area contributed by atoms with Gasteiger partial charge in [0.15, 0.2) is 5.13 Å². The van der Waals surface area contributed by atoms with Gasteiger partial charge in [-0.05, 0) is 6.92 Å². The number of nitrogen functional groups attached to an aromatic ring is 1. The Morgan fingerprint density at radius 3 is 3.00 bits per heavy atom. The Morgan fingerprint density at radius 2 is 2.64 bits per heavy atom. The first-order chi connectivity index (χ1) is 5.27. The summed E-state index contributed by atoms with van der Waals surface area (Å²) >= 11 is 1.31. The zero-order valence-electron chi connectivity index (χ0n) is 6.00. The molecule has 1 heterocycles. The van der Waals surface area contributed by atoms with Gasteiger partial charge in [0, 0.05) is 11.0 Å². The number of allylic oxidation sites excluding steroid dienone is 2. The predicted molar refractivity (Wildman–Crippen MR) is 45.9 cm³/mol. The molecular formula is C7H7N2OS. The van der Waals surface area contributed by atoms with Crippen LogP contribution in [0.5, 0.6) is 0 Å². The molecule has 0 saturated heterocycles. The summed E-state index contributed by atoms with van der Waals surface area (Å²) in [5, 5.41) is 2.20. The maximum Gasteiger partial charge on any atom is 0.235 e. The minimum atomic E-state index is 0.456. The Bertz CT molecular complexity index is 290. The van der Waals surface area contributed by atoms with Crippen LogP contribution in [-0.2, 0) is 4.79 Å². The lowest BCUT2D eigenvalue weighted by atomic mass is 10.2. The van der Waals surface area contributed by atoms with Crippen LogP contribution in [0.3, 0.4) is 0 Å². The first-order valence-electron chi connectivity index (χ1n) is 3.03. The Labute approximate surface area is 68.6 Å². The topological polar surface area (TPSA) is 56.0 Å². The summed E-state index contributed by atoms with van der Waals surface area (Å²) in [6, 6.07) is 0. The normalized spacial score (nSPS) is 11.5. The Hall–Kier alpha value is -1.16. The van der Waals surface area contributed by atoms with Gasteiger partial charge in [0.1, 0.15) is 0 Å². The van der Waals surface area contributed by atoms with Gasteiger partial charge in [0.05, 0.1) is 5.69 Å². The van der Waals surface area contributed by atoms with Gasteiger partial charge in [-0.3, -0.25) is 4.79 Å². The van der Waals surface area contributed by atoms with Crippen molar-refractivity contribution in [1.82, 2.24) is 4.98 Å². The van der Waals surface area contributed by atoms with Gasteiger partial charge in [-0.1, -0.05) is 6.08 Å². The van der Waals surface area contributed by atoms with Crippen molar-refractivity contribution in [1.29, 1.82) is 0 Å². The highest BCUT2D eigenvalue weighted by Gasteiger charge is 2.03. The molecule has 0 atom stereocenters. The number of aromatic nitrogens is 1. The number of nitrogens with two attached hydrogens (primary N) is 1. The Morgan fingerprint density at radius 1 is 1.91 bits per heavy atom. The first kappa shape index (κ1) is 7.94. The van der Waals surface area contributed by atoms with E-state index >= 15 is 0 Å². The molecule has 1 aromatic rings. The molecule has 0 fully saturated rings. The van der Waals surface area contributed by atoms with Crippen LogP contribution < -0.4 is 5.73 Å². The van der Waals surface area contributed by atoms with Crippen molar-refractivity contribution in [3.05, 3.63) is 17.2 Å².